The van der Waals surface area contributed by atoms with Gasteiger partial charge in [0.25, 0.3) is 5.91 Å². The fraction of sp³-hybridized carbons (Fsp3) is 0.320. The van der Waals surface area contributed by atoms with Gasteiger partial charge in [-0.1, -0.05) is 40.7 Å². The van der Waals surface area contributed by atoms with Crippen LogP contribution in [0.5, 0.6) is 0 Å². The molecule has 15 nitrogen and oxygen atoms in total. The average molecular weight is 547 g/mol. The summed E-state index contributed by atoms with van der Waals surface area (Å²) in [7, 11) is 1.42. The van der Waals surface area contributed by atoms with E-state index in [1.165, 1.54) is 17.9 Å². The Labute approximate surface area is 226 Å². The maximum Gasteiger partial charge on any atom is 0.251 e. The van der Waals surface area contributed by atoms with Crippen LogP contribution in [0.25, 0.3) is 22.7 Å². The van der Waals surface area contributed by atoms with Crippen LogP contribution in [0.3, 0.4) is 0 Å². The smallest absolute Gasteiger partial charge is 0.251 e. The number of nitrogens with zero attached hydrogens (tertiary/aromatic N) is 8. The molecule has 6 rings (SSSR count). The summed E-state index contributed by atoms with van der Waals surface area (Å²) in [5.41, 5.74) is 2.84. The first-order chi connectivity index (χ1) is 19.4. The number of imidazole rings is 1. The van der Waals surface area contributed by atoms with Crippen LogP contribution in [0.2, 0.25) is 0 Å². The molecule has 1 fully saturated rings. The third-order valence-electron chi connectivity index (χ3n) is 6.50. The zero-order chi connectivity index (χ0) is 27.8. The van der Waals surface area contributed by atoms with E-state index in [-0.39, 0.29) is 18.0 Å². The Morgan fingerprint density at radius 2 is 1.98 bits per heavy atom. The lowest BCUT2D eigenvalue weighted by molar-refractivity contribution is -0.137. The van der Waals surface area contributed by atoms with Gasteiger partial charge < -0.3 is 30.1 Å². The first-order valence-electron chi connectivity index (χ1n) is 12.5. The average Bonchev–Trinajstić information content (AvgIpc) is 3.76. The van der Waals surface area contributed by atoms with Crippen molar-refractivity contribution in [2.75, 3.05) is 12.4 Å². The molecule has 1 aromatic carbocycles. The van der Waals surface area contributed by atoms with Crippen molar-refractivity contribution >= 4 is 22.9 Å². The number of ether oxygens (including phenoxy) is 1. The Kier molecular flexibility index (Phi) is 6.67. The van der Waals surface area contributed by atoms with Crippen LogP contribution < -0.4 is 10.6 Å². The predicted molar refractivity (Wildman–Crippen MR) is 138 cm³/mol. The van der Waals surface area contributed by atoms with E-state index in [1.54, 1.807) is 16.9 Å². The molecule has 1 saturated heterocycles. The second-order valence-electron chi connectivity index (χ2n) is 9.34. The van der Waals surface area contributed by atoms with Crippen molar-refractivity contribution in [2.24, 2.45) is 0 Å². The molecule has 4 atom stereocenters. The monoisotopic (exact) mass is 546 g/mol. The molecule has 5 aromatic rings. The molecule has 0 bridgehead atoms. The van der Waals surface area contributed by atoms with Crippen molar-refractivity contribution in [1.82, 2.24) is 45.0 Å². The Morgan fingerprint density at radius 1 is 1.15 bits per heavy atom. The Balaban J connectivity index is 1.38. The van der Waals surface area contributed by atoms with E-state index in [4.69, 9.17) is 9.26 Å². The quantitative estimate of drug-likeness (QED) is 0.210. The minimum absolute atomic E-state index is 0.237. The molecule has 1 aliphatic rings. The summed E-state index contributed by atoms with van der Waals surface area (Å²) in [5.74, 6) is 0.626. The van der Waals surface area contributed by atoms with Gasteiger partial charge in [-0.25, -0.2) is 19.6 Å². The van der Waals surface area contributed by atoms with Crippen LogP contribution >= 0.6 is 0 Å². The Morgan fingerprint density at radius 3 is 2.73 bits per heavy atom. The SMILES string of the molecule is CNC(=O)[C@H]1OC(n2cnc3c(NCc4cc(C)no4)nc(-c4cn(Cc5ccccc5)nn4)nc32)[C@H](O)[C@@H]1O. The minimum atomic E-state index is -1.45. The van der Waals surface area contributed by atoms with E-state index < -0.39 is 30.4 Å². The summed E-state index contributed by atoms with van der Waals surface area (Å²) in [6, 6.07) is 11.6. The molecular formula is C25H26N10O5. The topological polar surface area (TPSA) is 191 Å². The molecule has 0 radical (unpaired) electrons. The number of rotatable bonds is 8. The van der Waals surface area contributed by atoms with Gasteiger partial charge in [-0.15, -0.1) is 5.10 Å². The number of anilines is 1. The third kappa shape index (κ3) is 4.76. The molecule has 1 amide bonds. The van der Waals surface area contributed by atoms with Gasteiger partial charge in [-0.05, 0) is 12.5 Å². The van der Waals surface area contributed by atoms with Crippen LogP contribution in [-0.4, -0.2) is 81.1 Å². The minimum Gasteiger partial charge on any atom is -0.387 e. The van der Waals surface area contributed by atoms with E-state index in [2.05, 4.69) is 41.1 Å². The number of aryl methyl sites for hydroxylation is 1. The van der Waals surface area contributed by atoms with Gasteiger partial charge in [0, 0.05) is 13.1 Å². The molecule has 0 aliphatic carbocycles. The van der Waals surface area contributed by atoms with E-state index in [0.717, 1.165) is 11.3 Å². The largest absolute Gasteiger partial charge is 0.387 e. The summed E-state index contributed by atoms with van der Waals surface area (Å²) in [4.78, 5) is 26.0. The van der Waals surface area contributed by atoms with E-state index in [0.29, 0.717) is 29.3 Å². The number of aliphatic hydroxyl groups excluding tert-OH is 2. The predicted octanol–water partition coefficient (Wildman–Crippen LogP) is 0.407. The maximum absolute atomic E-state index is 12.2. The summed E-state index contributed by atoms with van der Waals surface area (Å²) < 4.78 is 14.2. The molecule has 15 heteroatoms. The number of hydrogen-bond donors (Lipinski definition) is 4. The van der Waals surface area contributed by atoms with Crippen LogP contribution in [0.4, 0.5) is 5.82 Å². The molecule has 4 aromatic heterocycles. The number of carbonyl (C=O) groups excluding carboxylic acids is 1. The molecule has 5 heterocycles. The van der Waals surface area contributed by atoms with Gasteiger partial charge in [0.05, 0.1) is 31.3 Å². The van der Waals surface area contributed by atoms with Crippen molar-refractivity contribution < 1.29 is 24.3 Å². The fourth-order valence-corrected chi connectivity index (χ4v) is 4.51. The highest BCUT2D eigenvalue weighted by Crippen LogP contribution is 2.33. The number of carbonyl (C=O) groups is 1. The van der Waals surface area contributed by atoms with Crippen LogP contribution in [0.15, 0.2) is 53.4 Å². The van der Waals surface area contributed by atoms with Crippen molar-refractivity contribution in [1.29, 1.82) is 0 Å². The van der Waals surface area contributed by atoms with Crippen molar-refractivity contribution in [2.45, 2.75) is 44.6 Å². The highest BCUT2D eigenvalue weighted by atomic mass is 16.6. The summed E-state index contributed by atoms with van der Waals surface area (Å²) in [6.45, 7) is 2.59. The summed E-state index contributed by atoms with van der Waals surface area (Å²) in [6.07, 6.45) is -2.14. The second-order valence-corrected chi connectivity index (χ2v) is 9.34. The lowest BCUT2D eigenvalue weighted by Crippen LogP contribution is -2.41. The first kappa shape index (κ1) is 25.5. The molecular weight excluding hydrogens is 520 g/mol. The molecule has 1 unspecified atom stereocenters. The number of aromatic nitrogens is 8. The van der Waals surface area contributed by atoms with Gasteiger partial charge in [-0.2, -0.15) is 0 Å². The summed E-state index contributed by atoms with van der Waals surface area (Å²) in [5, 5.41) is 39.2. The van der Waals surface area contributed by atoms with E-state index in [1.807, 2.05) is 37.3 Å². The van der Waals surface area contributed by atoms with Gasteiger partial charge in [0.1, 0.15) is 12.2 Å². The number of aliphatic hydroxyl groups is 2. The summed E-state index contributed by atoms with van der Waals surface area (Å²) >= 11 is 0. The van der Waals surface area contributed by atoms with Gasteiger partial charge in [0.2, 0.25) is 0 Å². The highest BCUT2D eigenvalue weighted by Gasteiger charge is 2.47. The highest BCUT2D eigenvalue weighted by molar-refractivity contribution is 5.85. The van der Waals surface area contributed by atoms with Crippen LogP contribution in [0, 0.1) is 6.92 Å². The van der Waals surface area contributed by atoms with Crippen molar-refractivity contribution in [3.8, 4) is 11.5 Å². The molecule has 1 aliphatic heterocycles. The Bertz CT molecular complexity index is 1650. The number of benzene rings is 1. The number of nitrogens with one attached hydrogen (secondary N) is 2. The van der Waals surface area contributed by atoms with Gasteiger partial charge in [-0.3, -0.25) is 9.36 Å². The second kappa shape index (κ2) is 10.4. The van der Waals surface area contributed by atoms with Crippen LogP contribution in [-0.2, 0) is 22.6 Å². The lowest BCUT2D eigenvalue weighted by Gasteiger charge is -2.16. The molecule has 40 heavy (non-hydrogen) atoms. The van der Waals surface area contributed by atoms with Crippen LogP contribution in [0.1, 0.15) is 23.2 Å². The van der Waals surface area contributed by atoms with Gasteiger partial charge in [0.15, 0.2) is 46.6 Å². The van der Waals surface area contributed by atoms with Crippen molar-refractivity contribution in [3.05, 3.63) is 65.9 Å². The zero-order valence-corrected chi connectivity index (χ0v) is 21.5. The lowest BCUT2D eigenvalue weighted by atomic mass is 10.1. The van der Waals surface area contributed by atoms with Crippen molar-refractivity contribution in [3.63, 3.8) is 0 Å². The normalized spacial score (nSPS) is 20.7. The first-order valence-corrected chi connectivity index (χ1v) is 12.5. The zero-order valence-electron chi connectivity index (χ0n) is 21.5. The van der Waals surface area contributed by atoms with Gasteiger partial charge >= 0.3 is 0 Å². The molecule has 0 saturated carbocycles. The molecule has 206 valence electrons. The number of hydrogen-bond acceptors (Lipinski definition) is 12. The van der Waals surface area contributed by atoms with E-state index in [9.17, 15) is 15.0 Å². The maximum atomic E-state index is 12.2. The molecule has 0 spiro atoms. The third-order valence-corrected chi connectivity index (χ3v) is 6.50. The molecule has 4 N–H and O–H groups in total. The fourth-order valence-electron chi connectivity index (χ4n) is 4.51. The number of amides is 1. The number of fused-ring (bicyclic) bond motifs is 1. The van der Waals surface area contributed by atoms with E-state index >= 15 is 0 Å². The standard InChI is InChI=1S/C25H26N10O5/c1-13-8-15(40-32-13)9-27-22-17-23(35(12-28-17)25-19(37)18(36)20(39-25)24(38)26-2)30-21(29-22)16-11-34(33-31-16)10-14-6-4-3-5-7-14/h3-8,11-12,18-20,25,36-37H,9-10H2,1-2H3,(H,26,38)(H,27,29,30)/t18-,19+,20-,25?/m0/s1. The number of likely N-dealkylation sites (N-methyl/N-ethyl adjacent to an activating group) is 1. The Hall–Kier alpha value is -4.73.